The van der Waals surface area contributed by atoms with E-state index in [-0.39, 0.29) is 6.42 Å². The third-order valence-corrected chi connectivity index (χ3v) is 2.67. The van der Waals surface area contributed by atoms with E-state index in [2.05, 4.69) is 16.6 Å². The van der Waals surface area contributed by atoms with Crippen molar-refractivity contribution in [2.75, 3.05) is 7.11 Å². The molecule has 0 saturated carbocycles. The van der Waals surface area contributed by atoms with Gasteiger partial charge in [-0.3, -0.25) is 4.79 Å². The Balaban J connectivity index is 3.03. The molecule has 21 heavy (non-hydrogen) atoms. The smallest absolute Gasteiger partial charge is 0.417 e. The number of nitrogens with one attached hydrogen (secondary N) is 1. The van der Waals surface area contributed by atoms with Gasteiger partial charge in [0.1, 0.15) is 6.04 Å². The second-order valence-electron chi connectivity index (χ2n) is 4.12. The number of rotatable bonds is 5. The van der Waals surface area contributed by atoms with Crippen molar-refractivity contribution in [1.29, 1.82) is 0 Å². The molecule has 1 N–H and O–H groups in total. The van der Waals surface area contributed by atoms with Gasteiger partial charge in [0.05, 0.1) is 18.2 Å². The van der Waals surface area contributed by atoms with Gasteiger partial charge in [-0.15, -0.1) is 6.58 Å². The highest BCUT2D eigenvalue weighted by atomic mass is 19.4. The molecule has 4 nitrogen and oxygen atoms in total. The fraction of sp³-hybridized carbons (Fsp3) is 0.286. The van der Waals surface area contributed by atoms with Crippen LogP contribution in [0.25, 0.3) is 0 Å². The van der Waals surface area contributed by atoms with Crippen LogP contribution in [0.3, 0.4) is 0 Å². The van der Waals surface area contributed by atoms with E-state index in [0.29, 0.717) is 0 Å². The summed E-state index contributed by atoms with van der Waals surface area (Å²) < 4.78 is 43.0. The predicted molar refractivity (Wildman–Crippen MR) is 69.5 cm³/mol. The van der Waals surface area contributed by atoms with Gasteiger partial charge in [0.25, 0.3) is 5.91 Å². The lowest BCUT2D eigenvalue weighted by Gasteiger charge is -2.17. The fourth-order valence-corrected chi connectivity index (χ4v) is 1.69. The first-order chi connectivity index (χ1) is 9.81. The van der Waals surface area contributed by atoms with Gasteiger partial charge in [0, 0.05) is 0 Å². The van der Waals surface area contributed by atoms with Crippen molar-refractivity contribution in [3.8, 4) is 0 Å². The SMILES string of the molecule is C=CC[C@@H](NC(=O)c1ccccc1C(F)(F)F)C(=O)OC. The van der Waals surface area contributed by atoms with Crippen LogP contribution in [0.4, 0.5) is 13.2 Å². The lowest BCUT2D eigenvalue weighted by Crippen LogP contribution is -2.41. The summed E-state index contributed by atoms with van der Waals surface area (Å²) in [5.41, 5.74) is -1.62. The number of halogens is 3. The Hall–Kier alpha value is -2.31. The number of ether oxygens (including phenoxy) is 1. The molecule has 0 unspecified atom stereocenters. The summed E-state index contributed by atoms with van der Waals surface area (Å²) in [4.78, 5) is 23.4. The van der Waals surface area contributed by atoms with Crippen LogP contribution in [0.15, 0.2) is 36.9 Å². The molecule has 1 aromatic carbocycles. The van der Waals surface area contributed by atoms with Gasteiger partial charge >= 0.3 is 12.1 Å². The van der Waals surface area contributed by atoms with Crippen LogP contribution in [0.2, 0.25) is 0 Å². The van der Waals surface area contributed by atoms with Crippen LogP contribution < -0.4 is 5.32 Å². The zero-order chi connectivity index (χ0) is 16.0. The average Bonchev–Trinajstić information content (AvgIpc) is 2.45. The number of hydrogen-bond acceptors (Lipinski definition) is 3. The standard InChI is InChI=1S/C14H14F3NO3/c1-3-6-11(13(20)21-2)18-12(19)9-7-4-5-8-10(9)14(15,16)17/h3-5,7-8,11H,1,6H2,2H3,(H,18,19)/t11-/m1/s1. The second kappa shape index (κ2) is 6.92. The zero-order valence-corrected chi connectivity index (χ0v) is 11.2. The van der Waals surface area contributed by atoms with E-state index in [1.165, 1.54) is 18.2 Å². The minimum absolute atomic E-state index is 0.0482. The Morgan fingerprint density at radius 1 is 1.38 bits per heavy atom. The van der Waals surface area contributed by atoms with E-state index in [0.717, 1.165) is 19.2 Å². The molecule has 0 aliphatic carbocycles. The maximum Gasteiger partial charge on any atom is 0.417 e. The highest BCUT2D eigenvalue weighted by Gasteiger charge is 2.35. The fourth-order valence-electron chi connectivity index (χ4n) is 1.69. The van der Waals surface area contributed by atoms with Crippen molar-refractivity contribution in [1.82, 2.24) is 5.32 Å². The third kappa shape index (κ3) is 4.34. The molecule has 0 aliphatic heterocycles. The number of carbonyl (C=O) groups excluding carboxylic acids is 2. The lowest BCUT2D eigenvalue weighted by atomic mass is 10.1. The zero-order valence-electron chi connectivity index (χ0n) is 11.2. The Morgan fingerprint density at radius 3 is 2.52 bits per heavy atom. The number of esters is 1. The van der Waals surface area contributed by atoms with E-state index >= 15 is 0 Å². The topological polar surface area (TPSA) is 55.4 Å². The summed E-state index contributed by atoms with van der Waals surface area (Å²) >= 11 is 0. The van der Waals surface area contributed by atoms with Crippen LogP contribution in [-0.2, 0) is 15.7 Å². The molecule has 0 bridgehead atoms. The monoisotopic (exact) mass is 301 g/mol. The molecule has 1 aromatic rings. The summed E-state index contributed by atoms with van der Waals surface area (Å²) in [6.45, 7) is 3.41. The predicted octanol–water partition coefficient (Wildman–Crippen LogP) is 2.55. The Labute approximate surface area is 119 Å². The van der Waals surface area contributed by atoms with Gasteiger partial charge in [0.2, 0.25) is 0 Å². The van der Waals surface area contributed by atoms with Gasteiger partial charge in [0.15, 0.2) is 0 Å². The molecule has 0 heterocycles. The minimum Gasteiger partial charge on any atom is -0.467 e. The van der Waals surface area contributed by atoms with E-state index < -0.39 is 35.2 Å². The highest BCUT2D eigenvalue weighted by molar-refractivity contribution is 5.98. The first kappa shape index (κ1) is 16.7. The average molecular weight is 301 g/mol. The van der Waals surface area contributed by atoms with Gasteiger partial charge in [-0.05, 0) is 18.6 Å². The van der Waals surface area contributed by atoms with Crippen molar-refractivity contribution in [3.05, 3.63) is 48.0 Å². The first-order valence-corrected chi connectivity index (χ1v) is 5.97. The molecule has 0 saturated heterocycles. The van der Waals surface area contributed by atoms with Crippen molar-refractivity contribution in [2.24, 2.45) is 0 Å². The van der Waals surface area contributed by atoms with Crippen molar-refractivity contribution in [3.63, 3.8) is 0 Å². The maximum absolute atomic E-state index is 12.8. The molecular formula is C14H14F3NO3. The quantitative estimate of drug-likeness (QED) is 0.671. The highest BCUT2D eigenvalue weighted by Crippen LogP contribution is 2.31. The van der Waals surface area contributed by atoms with Gasteiger partial charge < -0.3 is 10.1 Å². The molecule has 1 atom stereocenters. The molecule has 0 fully saturated rings. The first-order valence-electron chi connectivity index (χ1n) is 5.97. The van der Waals surface area contributed by atoms with E-state index in [1.54, 1.807) is 0 Å². The van der Waals surface area contributed by atoms with Crippen LogP contribution >= 0.6 is 0 Å². The van der Waals surface area contributed by atoms with Crippen LogP contribution in [0.5, 0.6) is 0 Å². The third-order valence-electron chi connectivity index (χ3n) is 2.67. The number of benzene rings is 1. The minimum atomic E-state index is -4.66. The van der Waals surface area contributed by atoms with Crippen molar-refractivity contribution >= 4 is 11.9 Å². The Kier molecular flexibility index (Phi) is 5.52. The molecule has 1 amide bonds. The van der Waals surface area contributed by atoms with Gasteiger partial charge in [-0.1, -0.05) is 18.2 Å². The molecule has 114 valence electrons. The molecule has 0 spiro atoms. The van der Waals surface area contributed by atoms with E-state index in [9.17, 15) is 22.8 Å². The molecule has 0 radical (unpaired) electrons. The lowest BCUT2D eigenvalue weighted by molar-refractivity contribution is -0.142. The van der Waals surface area contributed by atoms with Crippen molar-refractivity contribution in [2.45, 2.75) is 18.6 Å². The van der Waals surface area contributed by atoms with E-state index in [4.69, 9.17) is 0 Å². The summed E-state index contributed by atoms with van der Waals surface area (Å²) in [6.07, 6.45) is -3.25. The second-order valence-corrected chi connectivity index (χ2v) is 4.12. The van der Waals surface area contributed by atoms with Crippen LogP contribution in [-0.4, -0.2) is 25.0 Å². The van der Waals surface area contributed by atoms with Crippen LogP contribution in [0.1, 0.15) is 22.3 Å². The van der Waals surface area contributed by atoms with E-state index in [1.807, 2.05) is 0 Å². The number of alkyl halides is 3. The number of carbonyl (C=O) groups is 2. The summed E-state index contributed by atoms with van der Waals surface area (Å²) in [5.74, 6) is -1.76. The summed E-state index contributed by atoms with van der Waals surface area (Å²) in [5, 5.41) is 2.21. The Morgan fingerprint density at radius 2 is 2.00 bits per heavy atom. The largest absolute Gasteiger partial charge is 0.467 e. The summed E-state index contributed by atoms with van der Waals surface area (Å²) in [7, 11) is 1.12. The molecule has 1 rings (SSSR count). The maximum atomic E-state index is 12.8. The van der Waals surface area contributed by atoms with Crippen molar-refractivity contribution < 1.29 is 27.5 Å². The van der Waals surface area contributed by atoms with Gasteiger partial charge in [-0.2, -0.15) is 13.2 Å². The van der Waals surface area contributed by atoms with Gasteiger partial charge in [-0.25, -0.2) is 4.79 Å². The Bertz CT molecular complexity index is 541. The summed E-state index contributed by atoms with van der Waals surface area (Å²) in [6, 6.07) is 3.25. The molecule has 7 heteroatoms. The van der Waals surface area contributed by atoms with Crippen LogP contribution in [0, 0.1) is 0 Å². The molecular weight excluding hydrogens is 287 g/mol. The molecule has 0 aromatic heterocycles. The molecule has 0 aliphatic rings. The normalized spacial score (nSPS) is 12.4. The number of methoxy groups -OCH3 is 1. The number of amides is 1. The number of hydrogen-bond donors (Lipinski definition) is 1.